The second-order valence-electron chi connectivity index (χ2n) is 5.64. The van der Waals surface area contributed by atoms with Gasteiger partial charge in [0.05, 0.1) is 11.3 Å². The predicted molar refractivity (Wildman–Crippen MR) is 75.3 cm³/mol. The van der Waals surface area contributed by atoms with Crippen LogP contribution in [0.2, 0.25) is 0 Å². The molecule has 18 heavy (non-hydrogen) atoms. The normalized spacial score (nSPS) is 18.0. The van der Waals surface area contributed by atoms with Gasteiger partial charge in [-0.3, -0.25) is 0 Å². The van der Waals surface area contributed by atoms with Gasteiger partial charge in [-0.2, -0.15) is 5.26 Å². The second-order valence-corrected chi connectivity index (χ2v) is 5.64. The summed E-state index contributed by atoms with van der Waals surface area (Å²) in [4.78, 5) is 0. The molecule has 3 nitrogen and oxygen atoms in total. The number of nitrogens with one attached hydrogen (secondary N) is 1. The molecule has 3 heteroatoms. The lowest BCUT2D eigenvalue weighted by Gasteiger charge is -2.34. The lowest BCUT2D eigenvalue weighted by Crippen LogP contribution is -2.28. The van der Waals surface area contributed by atoms with Crippen molar-refractivity contribution in [2.24, 2.45) is 5.41 Å². The molecule has 1 saturated carbocycles. The van der Waals surface area contributed by atoms with Gasteiger partial charge in [-0.05, 0) is 36.5 Å². The van der Waals surface area contributed by atoms with Crippen LogP contribution < -0.4 is 11.1 Å². The zero-order valence-corrected chi connectivity index (χ0v) is 11.0. The zero-order valence-electron chi connectivity index (χ0n) is 11.0. The third-order valence-electron chi connectivity index (χ3n) is 3.95. The van der Waals surface area contributed by atoms with Crippen LogP contribution in [0.1, 0.15) is 44.6 Å². The van der Waals surface area contributed by atoms with Crippen molar-refractivity contribution in [3.63, 3.8) is 0 Å². The average Bonchev–Trinajstić information content (AvgIpc) is 2.38. The molecule has 0 unspecified atom stereocenters. The second kappa shape index (κ2) is 5.30. The highest BCUT2D eigenvalue weighted by atomic mass is 14.9. The molecule has 1 aliphatic carbocycles. The van der Waals surface area contributed by atoms with Crippen LogP contribution in [-0.4, -0.2) is 6.54 Å². The standard InChI is InChI=1S/C15H21N3/c1-15(7-3-2-4-8-15)11-18-13-6-5-12(10-16)14(17)9-13/h5-6,9,18H,2-4,7-8,11,17H2,1H3. The zero-order chi connectivity index (χ0) is 13.0. The van der Waals surface area contributed by atoms with Gasteiger partial charge < -0.3 is 11.1 Å². The summed E-state index contributed by atoms with van der Waals surface area (Å²) in [6.07, 6.45) is 6.65. The van der Waals surface area contributed by atoms with Crippen molar-refractivity contribution in [2.45, 2.75) is 39.0 Å². The molecule has 3 N–H and O–H groups in total. The molecule has 0 amide bonds. The van der Waals surface area contributed by atoms with E-state index in [0.717, 1.165) is 12.2 Å². The molecule has 0 heterocycles. The fourth-order valence-corrected chi connectivity index (χ4v) is 2.67. The van der Waals surface area contributed by atoms with Gasteiger partial charge in [0.25, 0.3) is 0 Å². The Morgan fingerprint density at radius 1 is 1.33 bits per heavy atom. The Balaban J connectivity index is 1.98. The van der Waals surface area contributed by atoms with Crippen LogP contribution >= 0.6 is 0 Å². The quantitative estimate of drug-likeness (QED) is 0.798. The molecule has 2 rings (SSSR count). The molecule has 0 aromatic heterocycles. The van der Waals surface area contributed by atoms with E-state index < -0.39 is 0 Å². The third kappa shape index (κ3) is 2.95. The van der Waals surface area contributed by atoms with E-state index >= 15 is 0 Å². The third-order valence-corrected chi connectivity index (χ3v) is 3.95. The van der Waals surface area contributed by atoms with Gasteiger partial charge in [-0.15, -0.1) is 0 Å². The van der Waals surface area contributed by atoms with Gasteiger partial charge in [0.1, 0.15) is 6.07 Å². The summed E-state index contributed by atoms with van der Waals surface area (Å²) in [5, 5.41) is 12.3. The van der Waals surface area contributed by atoms with Crippen molar-refractivity contribution in [2.75, 3.05) is 17.6 Å². The Bertz CT molecular complexity index is 453. The Morgan fingerprint density at radius 2 is 2.06 bits per heavy atom. The summed E-state index contributed by atoms with van der Waals surface area (Å²) in [6, 6.07) is 7.64. The molecule has 0 aliphatic heterocycles. The van der Waals surface area contributed by atoms with E-state index in [2.05, 4.69) is 18.3 Å². The molecule has 0 bridgehead atoms. The molecular formula is C15H21N3. The molecule has 0 atom stereocenters. The van der Waals surface area contributed by atoms with Crippen molar-refractivity contribution in [3.8, 4) is 6.07 Å². The number of benzene rings is 1. The van der Waals surface area contributed by atoms with E-state index in [1.165, 1.54) is 32.1 Å². The fourth-order valence-electron chi connectivity index (χ4n) is 2.67. The van der Waals surface area contributed by atoms with Gasteiger partial charge in [0.15, 0.2) is 0 Å². The Hall–Kier alpha value is -1.69. The average molecular weight is 243 g/mol. The van der Waals surface area contributed by atoms with E-state index in [1.807, 2.05) is 12.1 Å². The smallest absolute Gasteiger partial charge is 0.101 e. The highest BCUT2D eigenvalue weighted by Crippen LogP contribution is 2.35. The summed E-state index contributed by atoms with van der Waals surface area (Å²) in [5.74, 6) is 0. The molecule has 1 aliphatic rings. The van der Waals surface area contributed by atoms with Gasteiger partial charge in [-0.1, -0.05) is 26.2 Å². The van der Waals surface area contributed by atoms with Crippen molar-refractivity contribution < 1.29 is 0 Å². The van der Waals surface area contributed by atoms with Crippen LogP contribution in [0, 0.1) is 16.7 Å². The van der Waals surface area contributed by atoms with Gasteiger partial charge in [-0.25, -0.2) is 0 Å². The van der Waals surface area contributed by atoms with E-state index in [1.54, 1.807) is 6.07 Å². The Morgan fingerprint density at radius 3 is 2.67 bits per heavy atom. The number of anilines is 2. The van der Waals surface area contributed by atoms with Gasteiger partial charge >= 0.3 is 0 Å². The molecule has 96 valence electrons. The van der Waals surface area contributed by atoms with Crippen LogP contribution in [0.15, 0.2) is 18.2 Å². The topological polar surface area (TPSA) is 61.8 Å². The van der Waals surface area contributed by atoms with Crippen molar-refractivity contribution in [1.82, 2.24) is 0 Å². The summed E-state index contributed by atoms with van der Waals surface area (Å²) >= 11 is 0. The van der Waals surface area contributed by atoms with Crippen LogP contribution in [-0.2, 0) is 0 Å². The van der Waals surface area contributed by atoms with Crippen LogP contribution in [0.4, 0.5) is 11.4 Å². The minimum atomic E-state index is 0.404. The maximum atomic E-state index is 8.83. The summed E-state index contributed by atoms with van der Waals surface area (Å²) in [5.41, 5.74) is 8.32. The largest absolute Gasteiger partial charge is 0.398 e. The fraction of sp³-hybridized carbons (Fsp3) is 0.533. The number of nitriles is 1. The summed E-state index contributed by atoms with van der Waals surface area (Å²) in [6.45, 7) is 3.34. The van der Waals surface area contributed by atoms with Crippen LogP contribution in [0.25, 0.3) is 0 Å². The minimum Gasteiger partial charge on any atom is -0.398 e. The number of nitrogens with two attached hydrogens (primary N) is 1. The first-order valence-electron chi connectivity index (χ1n) is 6.66. The van der Waals surface area contributed by atoms with Crippen LogP contribution in [0.3, 0.4) is 0 Å². The van der Waals surface area contributed by atoms with Gasteiger partial charge in [0.2, 0.25) is 0 Å². The predicted octanol–water partition coefficient (Wildman–Crippen LogP) is 3.52. The molecule has 0 saturated heterocycles. The number of hydrogen-bond acceptors (Lipinski definition) is 3. The van der Waals surface area contributed by atoms with E-state index in [-0.39, 0.29) is 0 Å². The van der Waals surface area contributed by atoms with Crippen molar-refractivity contribution in [1.29, 1.82) is 5.26 Å². The maximum Gasteiger partial charge on any atom is 0.101 e. The molecule has 1 aromatic rings. The highest BCUT2D eigenvalue weighted by molar-refractivity contribution is 5.62. The van der Waals surface area contributed by atoms with Crippen molar-refractivity contribution >= 4 is 11.4 Å². The Kier molecular flexibility index (Phi) is 3.76. The molecule has 0 spiro atoms. The molecular weight excluding hydrogens is 222 g/mol. The summed E-state index contributed by atoms with van der Waals surface area (Å²) in [7, 11) is 0. The number of hydrogen-bond donors (Lipinski definition) is 2. The molecule has 0 radical (unpaired) electrons. The highest BCUT2D eigenvalue weighted by Gasteiger charge is 2.26. The Labute approximate surface area is 109 Å². The SMILES string of the molecule is CC1(CNc2ccc(C#N)c(N)c2)CCCCC1. The first-order chi connectivity index (χ1) is 8.63. The molecule has 1 aromatic carbocycles. The monoisotopic (exact) mass is 243 g/mol. The lowest BCUT2D eigenvalue weighted by atomic mass is 9.76. The van der Waals surface area contributed by atoms with E-state index in [9.17, 15) is 0 Å². The summed E-state index contributed by atoms with van der Waals surface area (Å²) < 4.78 is 0. The minimum absolute atomic E-state index is 0.404. The maximum absolute atomic E-state index is 8.83. The van der Waals surface area contributed by atoms with E-state index in [0.29, 0.717) is 16.7 Å². The first kappa shape index (κ1) is 12.8. The van der Waals surface area contributed by atoms with Gasteiger partial charge in [0, 0.05) is 12.2 Å². The number of rotatable bonds is 3. The van der Waals surface area contributed by atoms with Crippen molar-refractivity contribution in [3.05, 3.63) is 23.8 Å². The molecule has 1 fully saturated rings. The number of nitrogen functional groups attached to an aromatic ring is 1. The number of nitrogens with zero attached hydrogens (tertiary/aromatic N) is 1. The van der Waals surface area contributed by atoms with E-state index in [4.69, 9.17) is 11.0 Å². The first-order valence-corrected chi connectivity index (χ1v) is 6.66. The lowest BCUT2D eigenvalue weighted by molar-refractivity contribution is 0.233. The van der Waals surface area contributed by atoms with Crippen LogP contribution in [0.5, 0.6) is 0 Å².